The fourth-order valence-corrected chi connectivity index (χ4v) is 4.43. The second-order valence-electron chi connectivity index (χ2n) is 8.34. The molecule has 2 rings (SSSR count). The Morgan fingerprint density at radius 1 is 0.893 bits per heavy atom. The van der Waals surface area contributed by atoms with Gasteiger partial charge in [0.15, 0.2) is 0 Å². The first-order valence-corrected chi connectivity index (χ1v) is 11.5. The number of hydrogen-bond acceptors (Lipinski definition) is 1. The third-order valence-corrected chi connectivity index (χ3v) is 5.95. The first-order valence-electron chi connectivity index (χ1n) is 11.5. The van der Waals surface area contributed by atoms with Crippen molar-refractivity contribution >= 4 is 0 Å². The Labute approximate surface area is 175 Å². The number of ether oxygens (including phenoxy) is 1. The molecule has 0 heterocycles. The van der Waals surface area contributed by atoms with E-state index in [0.29, 0.717) is 0 Å². The average Bonchev–Trinajstić information content (AvgIpc) is 2.73. The summed E-state index contributed by atoms with van der Waals surface area (Å²) in [7, 11) is 0. The van der Waals surface area contributed by atoms with E-state index in [1.807, 2.05) is 26.0 Å². The van der Waals surface area contributed by atoms with Crippen LogP contribution in [-0.2, 0) is 4.74 Å². The summed E-state index contributed by atoms with van der Waals surface area (Å²) < 4.78 is 5.89. The zero-order valence-electron chi connectivity index (χ0n) is 18.6. The molecule has 2 aliphatic rings. The minimum absolute atomic E-state index is 0.722. The van der Waals surface area contributed by atoms with Crippen molar-refractivity contribution < 1.29 is 4.74 Å². The van der Waals surface area contributed by atoms with Gasteiger partial charge in [-0.2, -0.15) is 0 Å². The highest BCUT2D eigenvalue weighted by Gasteiger charge is 2.28. The second kappa shape index (κ2) is 16.6. The lowest BCUT2D eigenvalue weighted by Crippen LogP contribution is -2.25. The molecule has 0 aromatic heterocycles. The van der Waals surface area contributed by atoms with Crippen LogP contribution in [0.1, 0.15) is 78.1 Å². The first kappa shape index (κ1) is 24.7. The quantitative estimate of drug-likeness (QED) is 0.221. The van der Waals surface area contributed by atoms with Crippen LogP contribution in [0.5, 0.6) is 0 Å². The Hall–Kier alpha value is -1.34. The molecule has 0 bridgehead atoms. The van der Waals surface area contributed by atoms with Crippen LogP contribution in [0.4, 0.5) is 0 Å². The van der Waals surface area contributed by atoms with Gasteiger partial charge in [0.05, 0.1) is 6.61 Å². The Kier molecular flexibility index (Phi) is 14.6. The van der Waals surface area contributed by atoms with Crippen molar-refractivity contribution in [1.82, 2.24) is 0 Å². The molecular weight excluding hydrogens is 340 g/mol. The predicted octanol–water partition coefficient (Wildman–Crippen LogP) is 8.22. The Morgan fingerprint density at radius 2 is 1.54 bits per heavy atom. The van der Waals surface area contributed by atoms with Crippen molar-refractivity contribution in [1.29, 1.82) is 0 Å². The van der Waals surface area contributed by atoms with Crippen molar-refractivity contribution in [3.05, 3.63) is 61.3 Å². The van der Waals surface area contributed by atoms with Gasteiger partial charge in [0, 0.05) is 6.61 Å². The summed E-state index contributed by atoms with van der Waals surface area (Å²) in [6.07, 6.45) is 28.3. The number of hydrogen-bond donors (Lipinski definition) is 0. The van der Waals surface area contributed by atoms with Gasteiger partial charge in [0.2, 0.25) is 0 Å². The van der Waals surface area contributed by atoms with Gasteiger partial charge >= 0.3 is 0 Å². The SMILES string of the molecule is C=C(/C=C\COCC1CCC(C2CCCCC2)CC1)C/C=C\C=C/C.C=CC. The van der Waals surface area contributed by atoms with Crippen LogP contribution in [-0.4, -0.2) is 13.2 Å². The maximum atomic E-state index is 5.89. The molecule has 0 saturated heterocycles. The van der Waals surface area contributed by atoms with Gasteiger partial charge < -0.3 is 4.74 Å². The monoisotopic (exact) mass is 384 g/mol. The van der Waals surface area contributed by atoms with Crippen LogP contribution in [0.3, 0.4) is 0 Å². The van der Waals surface area contributed by atoms with E-state index in [-0.39, 0.29) is 0 Å². The third kappa shape index (κ3) is 11.5. The zero-order valence-corrected chi connectivity index (χ0v) is 18.6. The van der Waals surface area contributed by atoms with E-state index in [9.17, 15) is 0 Å². The molecule has 2 aliphatic carbocycles. The summed E-state index contributed by atoms with van der Waals surface area (Å²) in [5, 5.41) is 0. The van der Waals surface area contributed by atoms with Crippen LogP contribution in [0.2, 0.25) is 0 Å². The molecule has 2 saturated carbocycles. The summed E-state index contributed by atoms with van der Waals surface area (Å²) in [6.45, 7) is 13.0. The lowest BCUT2D eigenvalue weighted by atomic mass is 9.71. The zero-order chi connectivity index (χ0) is 20.5. The fourth-order valence-electron chi connectivity index (χ4n) is 4.43. The van der Waals surface area contributed by atoms with Crippen molar-refractivity contribution in [2.24, 2.45) is 17.8 Å². The van der Waals surface area contributed by atoms with Gasteiger partial charge in [-0.15, -0.1) is 6.58 Å². The summed E-state index contributed by atoms with van der Waals surface area (Å²) >= 11 is 0. The summed E-state index contributed by atoms with van der Waals surface area (Å²) in [4.78, 5) is 0. The van der Waals surface area contributed by atoms with E-state index in [2.05, 4.69) is 37.5 Å². The van der Waals surface area contributed by atoms with Crippen molar-refractivity contribution in [3.63, 3.8) is 0 Å². The van der Waals surface area contributed by atoms with Crippen molar-refractivity contribution in [3.8, 4) is 0 Å². The van der Waals surface area contributed by atoms with Gasteiger partial charge in [-0.05, 0) is 63.7 Å². The fraction of sp³-hybridized carbons (Fsp3) is 0.630. The van der Waals surface area contributed by atoms with Crippen LogP contribution in [0.25, 0.3) is 0 Å². The van der Waals surface area contributed by atoms with E-state index in [0.717, 1.165) is 43.0 Å². The molecule has 0 atom stereocenters. The molecule has 28 heavy (non-hydrogen) atoms. The molecule has 0 aromatic rings. The first-order chi connectivity index (χ1) is 13.7. The van der Waals surface area contributed by atoms with Crippen LogP contribution in [0.15, 0.2) is 61.3 Å². The topological polar surface area (TPSA) is 9.23 Å². The number of rotatable bonds is 9. The molecule has 0 aliphatic heterocycles. The van der Waals surface area contributed by atoms with Gasteiger partial charge in [-0.25, -0.2) is 0 Å². The molecule has 0 amide bonds. The van der Waals surface area contributed by atoms with E-state index in [1.54, 1.807) is 6.08 Å². The van der Waals surface area contributed by atoms with Crippen molar-refractivity contribution in [2.45, 2.75) is 78.1 Å². The Balaban J connectivity index is 0.00000122. The summed E-state index contributed by atoms with van der Waals surface area (Å²) in [6, 6.07) is 0. The normalized spacial score (nSPS) is 23.8. The van der Waals surface area contributed by atoms with E-state index in [4.69, 9.17) is 4.74 Å². The highest BCUT2D eigenvalue weighted by molar-refractivity contribution is 5.19. The third-order valence-electron chi connectivity index (χ3n) is 5.95. The molecule has 1 nitrogen and oxygen atoms in total. The molecule has 0 radical (unpaired) electrons. The average molecular weight is 385 g/mol. The molecule has 0 unspecified atom stereocenters. The molecule has 0 aromatic carbocycles. The van der Waals surface area contributed by atoms with E-state index in [1.165, 1.54) is 57.8 Å². The van der Waals surface area contributed by atoms with Crippen LogP contribution >= 0.6 is 0 Å². The van der Waals surface area contributed by atoms with Gasteiger partial charge in [0.25, 0.3) is 0 Å². The minimum atomic E-state index is 0.722. The van der Waals surface area contributed by atoms with E-state index >= 15 is 0 Å². The Morgan fingerprint density at radius 3 is 2.18 bits per heavy atom. The van der Waals surface area contributed by atoms with E-state index < -0.39 is 0 Å². The second-order valence-corrected chi connectivity index (χ2v) is 8.34. The Bertz CT molecular complexity index is 482. The molecule has 158 valence electrons. The largest absolute Gasteiger partial charge is 0.377 e. The van der Waals surface area contributed by atoms with Gasteiger partial charge in [0.1, 0.15) is 0 Å². The maximum Gasteiger partial charge on any atom is 0.0650 e. The lowest BCUT2D eigenvalue weighted by Gasteiger charge is -2.35. The maximum absolute atomic E-state index is 5.89. The van der Waals surface area contributed by atoms with Crippen molar-refractivity contribution in [2.75, 3.05) is 13.2 Å². The molecule has 0 spiro atoms. The van der Waals surface area contributed by atoms with Gasteiger partial charge in [-0.3, -0.25) is 0 Å². The van der Waals surface area contributed by atoms with Gasteiger partial charge in [-0.1, -0.05) is 86.8 Å². The minimum Gasteiger partial charge on any atom is -0.377 e. The molecular formula is C27H44O. The smallest absolute Gasteiger partial charge is 0.0650 e. The highest BCUT2D eigenvalue weighted by Crippen LogP contribution is 2.39. The molecule has 0 N–H and O–H groups in total. The molecule has 2 fully saturated rings. The van der Waals surface area contributed by atoms with Crippen LogP contribution < -0.4 is 0 Å². The standard InChI is InChI=1S/C24H38O.C3H6/c1-3-4-5-7-11-21(2)12-10-19-25-20-22-15-17-24(18-16-22)23-13-8-6-9-14-23;1-3-2/h3-5,7,10,12,22-24H,2,6,8-9,11,13-20H2,1H3;3H,1H2,2H3/b4-3-,7-5-,12-10-;. The highest BCUT2D eigenvalue weighted by atomic mass is 16.5. The predicted molar refractivity (Wildman–Crippen MR) is 126 cm³/mol. The molecule has 1 heteroatoms. The number of allylic oxidation sites excluding steroid dienone is 7. The lowest BCUT2D eigenvalue weighted by molar-refractivity contribution is 0.0818. The summed E-state index contributed by atoms with van der Waals surface area (Å²) in [5.74, 6) is 2.86. The summed E-state index contributed by atoms with van der Waals surface area (Å²) in [5.41, 5.74) is 1.14. The van der Waals surface area contributed by atoms with Crippen LogP contribution in [0, 0.1) is 17.8 Å².